The van der Waals surface area contributed by atoms with Gasteiger partial charge in [0.2, 0.25) is 0 Å². The number of hydrogen-bond donors (Lipinski definition) is 0. The number of halogens is 3. The Hall–Kier alpha value is -1.70. The number of ether oxygens (including phenoxy) is 1. The molecule has 0 N–H and O–H groups in total. The first-order valence-corrected chi connectivity index (χ1v) is 3.71. The van der Waals surface area contributed by atoms with Gasteiger partial charge in [-0.25, -0.2) is 0 Å². The maximum Gasteiger partial charge on any atom is 0.416 e. The number of hydrogen-bond acceptors (Lipinski definition) is 2. The van der Waals surface area contributed by atoms with E-state index in [-0.39, 0.29) is 6.61 Å². The van der Waals surface area contributed by atoms with E-state index in [2.05, 4.69) is 4.74 Å². The molecule has 0 aliphatic carbocycles. The molecule has 5 heteroatoms. The van der Waals surface area contributed by atoms with Crippen LogP contribution in [0.3, 0.4) is 0 Å². The molecule has 0 aliphatic rings. The fourth-order valence-corrected chi connectivity index (χ4v) is 0.906. The summed E-state index contributed by atoms with van der Waals surface area (Å²) in [7, 11) is 0. The molecule has 74 valence electrons. The fourth-order valence-electron chi connectivity index (χ4n) is 0.906. The number of benzene rings is 1. The minimum absolute atomic E-state index is 0.00532. The first-order valence-electron chi connectivity index (χ1n) is 3.71. The molecule has 0 aromatic heterocycles. The Bertz CT molecular complexity index is 337. The summed E-state index contributed by atoms with van der Waals surface area (Å²) in [5, 5.41) is 8.06. The van der Waals surface area contributed by atoms with E-state index >= 15 is 0 Å². The predicted molar refractivity (Wildman–Crippen MR) is 41.8 cm³/mol. The number of nitriles is 1. The van der Waals surface area contributed by atoms with E-state index in [1.54, 1.807) is 0 Å². The molecule has 0 atom stereocenters. The van der Waals surface area contributed by atoms with Crippen molar-refractivity contribution in [1.29, 1.82) is 5.26 Å². The summed E-state index contributed by atoms with van der Waals surface area (Å²) < 4.78 is 40.6. The lowest BCUT2D eigenvalue weighted by Gasteiger charge is -2.06. The molecule has 0 unspecified atom stereocenters. The van der Waals surface area contributed by atoms with Crippen molar-refractivity contribution in [2.24, 2.45) is 0 Å². The molecular formula is C9H6F3NO. The fraction of sp³-hybridized carbons (Fsp3) is 0.222. The molecule has 0 spiro atoms. The second-order valence-corrected chi connectivity index (χ2v) is 2.57. The maximum atomic E-state index is 12.1. The summed E-state index contributed by atoms with van der Waals surface area (Å²) in [6, 6.07) is 4.46. The third-order valence-electron chi connectivity index (χ3n) is 1.58. The third kappa shape index (κ3) is 2.66. The van der Waals surface area contributed by atoms with Crippen molar-refractivity contribution >= 4 is 0 Å². The zero-order valence-electron chi connectivity index (χ0n) is 7.01. The molecule has 0 bridgehead atoms. The van der Waals surface area contributed by atoms with Crippen LogP contribution in [0.4, 0.5) is 13.2 Å². The SMILES string of the molecule is N#COCc1ccc(C(F)(F)F)cc1. The molecule has 0 saturated carbocycles. The summed E-state index contributed by atoms with van der Waals surface area (Å²) in [5.41, 5.74) is -0.183. The van der Waals surface area contributed by atoms with Crippen molar-refractivity contribution in [3.05, 3.63) is 35.4 Å². The van der Waals surface area contributed by atoms with Crippen LogP contribution in [0.15, 0.2) is 24.3 Å². The molecule has 1 rings (SSSR count). The molecular weight excluding hydrogens is 195 g/mol. The Labute approximate surface area is 78.5 Å². The van der Waals surface area contributed by atoms with E-state index in [1.807, 2.05) is 0 Å². The lowest BCUT2D eigenvalue weighted by atomic mass is 10.1. The average Bonchev–Trinajstić information content (AvgIpc) is 2.14. The number of alkyl halides is 3. The van der Waals surface area contributed by atoms with E-state index < -0.39 is 11.7 Å². The molecule has 0 aliphatic heterocycles. The van der Waals surface area contributed by atoms with Gasteiger partial charge in [0.1, 0.15) is 6.61 Å². The Balaban J connectivity index is 2.75. The topological polar surface area (TPSA) is 33.0 Å². The zero-order valence-corrected chi connectivity index (χ0v) is 7.01. The Morgan fingerprint density at radius 3 is 2.21 bits per heavy atom. The molecule has 0 radical (unpaired) electrons. The lowest BCUT2D eigenvalue weighted by molar-refractivity contribution is -0.137. The molecule has 14 heavy (non-hydrogen) atoms. The van der Waals surface area contributed by atoms with E-state index in [0.29, 0.717) is 5.56 Å². The Kier molecular flexibility index (Phi) is 2.97. The number of nitrogens with zero attached hydrogens (tertiary/aromatic N) is 1. The molecule has 1 aromatic carbocycles. The van der Waals surface area contributed by atoms with Crippen molar-refractivity contribution in [2.45, 2.75) is 12.8 Å². The second kappa shape index (κ2) is 4.01. The van der Waals surface area contributed by atoms with E-state index in [4.69, 9.17) is 5.26 Å². The quantitative estimate of drug-likeness (QED) is 0.689. The molecule has 0 heterocycles. The van der Waals surface area contributed by atoms with Crippen LogP contribution in [0.25, 0.3) is 0 Å². The number of rotatable bonds is 2. The highest BCUT2D eigenvalue weighted by Crippen LogP contribution is 2.29. The van der Waals surface area contributed by atoms with E-state index in [1.165, 1.54) is 18.4 Å². The molecule has 0 fully saturated rings. The van der Waals surface area contributed by atoms with Gasteiger partial charge in [0.25, 0.3) is 6.26 Å². The van der Waals surface area contributed by atoms with Crippen molar-refractivity contribution in [1.82, 2.24) is 0 Å². The van der Waals surface area contributed by atoms with Gasteiger partial charge in [-0.1, -0.05) is 12.1 Å². The third-order valence-corrected chi connectivity index (χ3v) is 1.58. The highest BCUT2D eigenvalue weighted by molar-refractivity contribution is 5.24. The van der Waals surface area contributed by atoms with Crippen LogP contribution in [0.2, 0.25) is 0 Å². The van der Waals surface area contributed by atoms with Gasteiger partial charge < -0.3 is 4.74 Å². The summed E-state index contributed by atoms with van der Waals surface area (Å²) in [6.45, 7) is -0.00532. The van der Waals surface area contributed by atoms with Gasteiger partial charge >= 0.3 is 6.18 Å². The molecule has 0 amide bonds. The standard InChI is InChI=1S/C9H6F3NO/c10-9(11,12)8-3-1-7(2-4-8)5-14-6-13/h1-4H,5H2. The average molecular weight is 201 g/mol. The first kappa shape index (κ1) is 10.4. The van der Waals surface area contributed by atoms with Crippen LogP contribution in [0.1, 0.15) is 11.1 Å². The normalized spacial score (nSPS) is 10.7. The van der Waals surface area contributed by atoms with Crippen LogP contribution in [0.5, 0.6) is 0 Å². The lowest BCUT2D eigenvalue weighted by Crippen LogP contribution is -2.04. The second-order valence-electron chi connectivity index (χ2n) is 2.57. The van der Waals surface area contributed by atoms with E-state index in [9.17, 15) is 13.2 Å². The van der Waals surface area contributed by atoms with Gasteiger partial charge in [-0.05, 0) is 17.7 Å². The van der Waals surface area contributed by atoms with Crippen LogP contribution in [-0.4, -0.2) is 0 Å². The predicted octanol–water partition coefficient (Wildman–Crippen LogP) is 2.70. The summed E-state index contributed by atoms with van der Waals surface area (Å²) in [4.78, 5) is 0. The van der Waals surface area contributed by atoms with Crippen molar-refractivity contribution in [2.75, 3.05) is 0 Å². The minimum atomic E-state index is -4.32. The summed E-state index contributed by atoms with van der Waals surface area (Å²) in [6.07, 6.45) is -2.89. The van der Waals surface area contributed by atoms with Crippen LogP contribution < -0.4 is 0 Å². The Morgan fingerprint density at radius 1 is 1.21 bits per heavy atom. The van der Waals surface area contributed by atoms with Gasteiger partial charge in [-0.15, -0.1) is 0 Å². The van der Waals surface area contributed by atoms with Gasteiger partial charge in [-0.2, -0.15) is 18.4 Å². The van der Waals surface area contributed by atoms with Crippen LogP contribution in [-0.2, 0) is 17.5 Å². The molecule has 0 saturated heterocycles. The van der Waals surface area contributed by atoms with Gasteiger partial charge in [0.15, 0.2) is 0 Å². The highest BCUT2D eigenvalue weighted by atomic mass is 19.4. The van der Waals surface area contributed by atoms with Gasteiger partial charge in [0, 0.05) is 0 Å². The molecule has 2 nitrogen and oxygen atoms in total. The largest absolute Gasteiger partial charge is 0.423 e. The summed E-state index contributed by atoms with van der Waals surface area (Å²) >= 11 is 0. The smallest absolute Gasteiger partial charge is 0.416 e. The van der Waals surface area contributed by atoms with Crippen LogP contribution >= 0.6 is 0 Å². The van der Waals surface area contributed by atoms with E-state index in [0.717, 1.165) is 12.1 Å². The Morgan fingerprint density at radius 2 is 1.79 bits per heavy atom. The van der Waals surface area contributed by atoms with Gasteiger partial charge in [-0.3, -0.25) is 0 Å². The van der Waals surface area contributed by atoms with Crippen LogP contribution in [0, 0.1) is 11.5 Å². The van der Waals surface area contributed by atoms with Crippen molar-refractivity contribution < 1.29 is 17.9 Å². The monoisotopic (exact) mass is 201 g/mol. The minimum Gasteiger partial charge on any atom is -0.423 e. The van der Waals surface area contributed by atoms with Crippen molar-refractivity contribution in [3.8, 4) is 6.26 Å². The first-order chi connectivity index (χ1) is 6.54. The van der Waals surface area contributed by atoms with Crippen molar-refractivity contribution in [3.63, 3.8) is 0 Å². The maximum absolute atomic E-state index is 12.1. The highest BCUT2D eigenvalue weighted by Gasteiger charge is 2.29. The zero-order chi connectivity index (χ0) is 10.6. The summed E-state index contributed by atoms with van der Waals surface area (Å²) in [5.74, 6) is 0. The molecule has 1 aromatic rings. The van der Waals surface area contributed by atoms with Gasteiger partial charge in [0.05, 0.1) is 5.56 Å².